The number of rotatable bonds is 6. The van der Waals surface area contributed by atoms with E-state index in [0.717, 1.165) is 12.8 Å². The summed E-state index contributed by atoms with van der Waals surface area (Å²) in [5.41, 5.74) is 5.15. The number of hydrogen-bond acceptors (Lipinski definition) is 3. The molecular weight excluding hydrogens is 247 g/mol. The second-order valence-corrected chi connectivity index (χ2v) is 5.11. The van der Waals surface area contributed by atoms with Gasteiger partial charge in [-0.3, -0.25) is 4.90 Å². The normalized spacial score (nSPS) is 19.6. The number of nitrogens with two attached hydrogens (primary N) is 1. The van der Waals surface area contributed by atoms with Crippen molar-refractivity contribution < 1.29 is 18.4 Å². The second kappa shape index (κ2) is 5.77. The molecule has 1 rings (SSSR count). The first-order chi connectivity index (χ1) is 8.25. The fourth-order valence-corrected chi connectivity index (χ4v) is 1.80. The third-order valence-corrected chi connectivity index (χ3v) is 3.20. The fraction of sp³-hybridized carbons (Fsp3) is 0.909. The second-order valence-electron chi connectivity index (χ2n) is 5.11. The summed E-state index contributed by atoms with van der Waals surface area (Å²) in [5.74, 6) is -2.19. The summed E-state index contributed by atoms with van der Waals surface area (Å²) in [5, 5.41) is 11.0. The minimum Gasteiger partial charge on any atom is -0.409 e. The van der Waals surface area contributed by atoms with Gasteiger partial charge >= 0.3 is 6.18 Å². The van der Waals surface area contributed by atoms with E-state index in [-0.39, 0.29) is 12.6 Å². The van der Waals surface area contributed by atoms with Gasteiger partial charge in [0.05, 0.1) is 0 Å². The molecule has 1 aliphatic rings. The molecule has 0 aromatic heterocycles. The minimum atomic E-state index is -4.49. The first-order valence-corrected chi connectivity index (χ1v) is 6.03. The maximum atomic E-state index is 12.8. The molecule has 0 amide bonds. The zero-order valence-electron chi connectivity index (χ0n) is 10.6. The SMILES string of the molecule is CC(C)N(CC1CC1)CC(C(N)=NO)C(F)(F)F. The van der Waals surface area contributed by atoms with Crippen LogP contribution in [0.3, 0.4) is 0 Å². The quantitative estimate of drug-likeness (QED) is 0.335. The van der Waals surface area contributed by atoms with E-state index in [1.165, 1.54) is 0 Å². The van der Waals surface area contributed by atoms with E-state index >= 15 is 0 Å². The van der Waals surface area contributed by atoms with Crippen LogP contribution in [0.5, 0.6) is 0 Å². The molecule has 1 atom stereocenters. The van der Waals surface area contributed by atoms with Gasteiger partial charge in [-0.1, -0.05) is 5.16 Å². The van der Waals surface area contributed by atoms with E-state index in [1.807, 2.05) is 13.8 Å². The van der Waals surface area contributed by atoms with Crippen LogP contribution in [0.1, 0.15) is 26.7 Å². The molecule has 1 aliphatic carbocycles. The summed E-state index contributed by atoms with van der Waals surface area (Å²) in [4.78, 5) is 1.74. The number of hydrogen-bond donors (Lipinski definition) is 2. The zero-order valence-corrected chi connectivity index (χ0v) is 10.6. The minimum absolute atomic E-state index is 0.00180. The van der Waals surface area contributed by atoms with Crippen molar-refractivity contribution in [1.82, 2.24) is 4.90 Å². The molecule has 7 heteroatoms. The number of alkyl halides is 3. The highest BCUT2D eigenvalue weighted by Gasteiger charge is 2.44. The van der Waals surface area contributed by atoms with Gasteiger partial charge in [-0.15, -0.1) is 0 Å². The molecule has 0 aromatic carbocycles. The summed E-state index contributed by atoms with van der Waals surface area (Å²) in [6.07, 6.45) is -2.35. The Morgan fingerprint density at radius 2 is 2.00 bits per heavy atom. The first kappa shape index (κ1) is 15.1. The Hall–Kier alpha value is -0.980. The van der Waals surface area contributed by atoms with Crippen molar-refractivity contribution in [2.45, 2.75) is 38.9 Å². The molecule has 18 heavy (non-hydrogen) atoms. The highest BCUT2D eigenvalue weighted by atomic mass is 19.4. The van der Waals surface area contributed by atoms with E-state index in [9.17, 15) is 13.2 Å². The van der Waals surface area contributed by atoms with Crippen LogP contribution >= 0.6 is 0 Å². The molecule has 1 fully saturated rings. The van der Waals surface area contributed by atoms with Crippen LogP contribution in [0.15, 0.2) is 5.16 Å². The summed E-state index contributed by atoms with van der Waals surface area (Å²) in [7, 11) is 0. The van der Waals surface area contributed by atoms with Gasteiger partial charge in [-0.05, 0) is 32.6 Å². The van der Waals surface area contributed by atoms with Gasteiger partial charge < -0.3 is 10.9 Å². The summed E-state index contributed by atoms with van der Waals surface area (Å²) < 4.78 is 38.5. The molecule has 1 saturated carbocycles. The molecule has 106 valence electrons. The van der Waals surface area contributed by atoms with Crippen LogP contribution in [0.4, 0.5) is 13.2 Å². The average Bonchev–Trinajstić information content (AvgIpc) is 3.04. The number of nitrogens with zero attached hydrogens (tertiary/aromatic N) is 2. The largest absolute Gasteiger partial charge is 0.409 e. The van der Waals surface area contributed by atoms with Gasteiger partial charge in [-0.2, -0.15) is 13.2 Å². The Balaban J connectivity index is 2.72. The summed E-state index contributed by atoms with van der Waals surface area (Å²) in [6, 6.07) is 0.00180. The number of amidine groups is 1. The van der Waals surface area contributed by atoms with E-state index in [4.69, 9.17) is 10.9 Å². The lowest BCUT2D eigenvalue weighted by atomic mass is 10.1. The summed E-state index contributed by atoms with van der Waals surface area (Å²) in [6.45, 7) is 4.08. The Bertz CT molecular complexity index is 300. The lowest BCUT2D eigenvalue weighted by Gasteiger charge is -2.31. The van der Waals surface area contributed by atoms with Crippen LogP contribution in [0, 0.1) is 11.8 Å². The zero-order chi connectivity index (χ0) is 13.9. The lowest BCUT2D eigenvalue weighted by molar-refractivity contribution is -0.161. The van der Waals surface area contributed by atoms with Crippen LogP contribution in [0.25, 0.3) is 0 Å². The molecule has 3 N–H and O–H groups in total. The highest BCUT2D eigenvalue weighted by molar-refractivity contribution is 5.83. The van der Waals surface area contributed by atoms with Crippen molar-refractivity contribution in [1.29, 1.82) is 0 Å². The monoisotopic (exact) mass is 267 g/mol. The van der Waals surface area contributed by atoms with Crippen LogP contribution in [-0.4, -0.2) is 41.3 Å². The molecule has 0 aromatic rings. The highest BCUT2D eigenvalue weighted by Crippen LogP contribution is 2.32. The van der Waals surface area contributed by atoms with Gasteiger partial charge in [0.2, 0.25) is 0 Å². The van der Waals surface area contributed by atoms with E-state index in [1.54, 1.807) is 4.90 Å². The van der Waals surface area contributed by atoms with E-state index in [0.29, 0.717) is 12.5 Å². The molecule has 4 nitrogen and oxygen atoms in total. The van der Waals surface area contributed by atoms with Crippen molar-refractivity contribution >= 4 is 5.84 Å². The third kappa shape index (κ3) is 4.36. The van der Waals surface area contributed by atoms with E-state index in [2.05, 4.69) is 5.16 Å². The maximum absolute atomic E-state index is 12.8. The molecule has 0 radical (unpaired) electrons. The van der Waals surface area contributed by atoms with Crippen molar-refractivity contribution in [3.63, 3.8) is 0 Å². The van der Waals surface area contributed by atoms with Crippen molar-refractivity contribution in [3.05, 3.63) is 0 Å². The van der Waals surface area contributed by atoms with Crippen molar-refractivity contribution in [3.8, 4) is 0 Å². The Labute approximate surface area is 105 Å². The Kier molecular flexibility index (Phi) is 4.84. The van der Waals surface area contributed by atoms with Crippen molar-refractivity contribution in [2.75, 3.05) is 13.1 Å². The molecule has 1 unspecified atom stereocenters. The van der Waals surface area contributed by atoms with Crippen molar-refractivity contribution in [2.24, 2.45) is 22.7 Å². The van der Waals surface area contributed by atoms with Crippen LogP contribution < -0.4 is 5.73 Å². The Morgan fingerprint density at radius 3 is 2.33 bits per heavy atom. The molecule has 0 aliphatic heterocycles. The summed E-state index contributed by atoms with van der Waals surface area (Å²) >= 11 is 0. The predicted molar refractivity (Wildman–Crippen MR) is 62.4 cm³/mol. The van der Waals surface area contributed by atoms with Gasteiger partial charge in [0.15, 0.2) is 5.84 Å². The number of oxime groups is 1. The molecule has 0 saturated heterocycles. The fourth-order valence-electron chi connectivity index (χ4n) is 1.80. The topological polar surface area (TPSA) is 61.8 Å². The van der Waals surface area contributed by atoms with E-state index < -0.39 is 17.9 Å². The first-order valence-electron chi connectivity index (χ1n) is 6.03. The third-order valence-electron chi connectivity index (χ3n) is 3.20. The van der Waals surface area contributed by atoms with Gasteiger partial charge in [0, 0.05) is 19.1 Å². The average molecular weight is 267 g/mol. The molecule has 0 spiro atoms. The number of halogens is 3. The van der Waals surface area contributed by atoms with Gasteiger partial charge in [0.1, 0.15) is 5.92 Å². The standard InChI is InChI=1S/C11H20F3N3O/c1-7(2)17(5-8-3-4-8)6-9(10(15)16-18)11(12,13)14/h7-9,18H,3-6H2,1-2H3,(H2,15,16). The maximum Gasteiger partial charge on any atom is 0.400 e. The van der Waals surface area contributed by atoms with Gasteiger partial charge in [-0.25, -0.2) is 0 Å². The smallest absolute Gasteiger partial charge is 0.400 e. The molecule has 0 bridgehead atoms. The van der Waals surface area contributed by atoms with Crippen LogP contribution in [-0.2, 0) is 0 Å². The van der Waals surface area contributed by atoms with Crippen LogP contribution in [0.2, 0.25) is 0 Å². The Morgan fingerprint density at radius 1 is 1.44 bits per heavy atom. The molecular formula is C11H20F3N3O. The predicted octanol–water partition coefficient (Wildman–Crippen LogP) is 2.03. The van der Waals surface area contributed by atoms with Gasteiger partial charge in [0.25, 0.3) is 0 Å². The lowest BCUT2D eigenvalue weighted by Crippen LogP contribution is -2.47. The molecule has 0 heterocycles.